The van der Waals surface area contributed by atoms with Crippen LogP contribution in [-0.4, -0.2) is 41.6 Å². The molecule has 0 atom stereocenters. The first-order valence-electron chi connectivity index (χ1n) is 19.4. The van der Waals surface area contributed by atoms with Crippen LogP contribution < -0.4 is 10.7 Å². The van der Waals surface area contributed by atoms with Crippen LogP contribution in [0.1, 0.15) is 63.9 Å². The van der Waals surface area contributed by atoms with Crippen LogP contribution in [0.15, 0.2) is 155 Å². The number of benzene rings is 3. The topological polar surface area (TPSA) is 67.9 Å². The lowest BCUT2D eigenvalue weighted by atomic mass is 10.0. The lowest BCUT2D eigenvalue weighted by Gasteiger charge is -2.36. The smallest absolute Gasteiger partial charge is 0.422 e. The molecular weight excluding hydrogens is 671 g/mol. The van der Waals surface area contributed by atoms with Crippen LogP contribution in [0.3, 0.4) is 0 Å². The molecule has 0 N–H and O–H groups in total. The SMILES string of the molecule is CC/C=C/C/C=C/C/C=C/C/C=C/C/C=C/C/C=C/CCC(=O)OCn1c(=O)oc2c(N3CCN(Cc4cccc(-c5ccccc5)c4)CC3)cccc21. The van der Waals surface area contributed by atoms with Gasteiger partial charge in [-0.05, 0) is 79.8 Å². The third-order valence-corrected chi connectivity index (χ3v) is 9.29. The Morgan fingerprint density at radius 1 is 0.685 bits per heavy atom. The fourth-order valence-corrected chi connectivity index (χ4v) is 6.38. The molecule has 54 heavy (non-hydrogen) atoms. The van der Waals surface area contributed by atoms with Crippen molar-refractivity contribution in [3.8, 4) is 11.1 Å². The number of hydrogen-bond acceptors (Lipinski definition) is 6. The van der Waals surface area contributed by atoms with Crippen molar-refractivity contribution >= 4 is 22.8 Å². The monoisotopic (exact) mass is 725 g/mol. The van der Waals surface area contributed by atoms with Gasteiger partial charge in [0.15, 0.2) is 12.3 Å². The number of ether oxygens (including phenoxy) is 1. The molecule has 5 rings (SSSR count). The van der Waals surface area contributed by atoms with Gasteiger partial charge in [0.05, 0.1) is 11.2 Å². The van der Waals surface area contributed by atoms with Gasteiger partial charge in [0.25, 0.3) is 0 Å². The molecule has 1 aromatic heterocycles. The first-order chi connectivity index (χ1) is 26.6. The molecule has 0 saturated carbocycles. The van der Waals surface area contributed by atoms with E-state index in [9.17, 15) is 9.59 Å². The lowest BCUT2D eigenvalue weighted by molar-refractivity contribution is -0.147. The van der Waals surface area contributed by atoms with Gasteiger partial charge >= 0.3 is 11.7 Å². The molecule has 7 heteroatoms. The molecule has 1 saturated heterocycles. The van der Waals surface area contributed by atoms with Crippen molar-refractivity contribution in [2.24, 2.45) is 0 Å². The summed E-state index contributed by atoms with van der Waals surface area (Å²) in [6.07, 6.45) is 32.5. The summed E-state index contributed by atoms with van der Waals surface area (Å²) >= 11 is 0. The van der Waals surface area contributed by atoms with E-state index in [-0.39, 0.29) is 19.1 Å². The fourth-order valence-electron chi connectivity index (χ4n) is 6.38. The Kier molecular flexibility index (Phi) is 16.7. The summed E-state index contributed by atoms with van der Waals surface area (Å²) in [5.74, 6) is -0.878. The number of esters is 1. The molecule has 0 amide bonds. The summed E-state index contributed by atoms with van der Waals surface area (Å²) in [6.45, 7) is 6.28. The maximum absolute atomic E-state index is 12.9. The summed E-state index contributed by atoms with van der Waals surface area (Å²) < 4.78 is 12.6. The highest BCUT2D eigenvalue weighted by Gasteiger charge is 2.22. The number of carbonyl (C=O) groups is 1. The van der Waals surface area contributed by atoms with Crippen molar-refractivity contribution in [3.05, 3.63) is 162 Å². The van der Waals surface area contributed by atoms with Crippen LogP contribution in [0.2, 0.25) is 0 Å². The minimum absolute atomic E-state index is 0.173. The number of para-hydroxylation sites is 1. The predicted octanol–water partition coefficient (Wildman–Crippen LogP) is 10.6. The number of aromatic nitrogens is 1. The molecule has 7 nitrogen and oxygen atoms in total. The van der Waals surface area contributed by atoms with E-state index in [4.69, 9.17) is 9.15 Å². The molecule has 0 unspecified atom stereocenters. The second-order valence-corrected chi connectivity index (χ2v) is 13.4. The molecule has 4 aromatic rings. The Morgan fingerprint density at radius 2 is 1.28 bits per heavy atom. The summed E-state index contributed by atoms with van der Waals surface area (Å²) in [7, 11) is 0. The van der Waals surface area contributed by atoms with E-state index in [1.807, 2.05) is 30.3 Å². The first kappa shape index (κ1) is 39.8. The standard InChI is InChI=1S/C47H55N3O4/c1-2-3-4-5-6-7-8-9-10-11-12-13-14-15-16-17-18-19-23-32-45(51)53-39-50-44-31-25-30-43(46(44)54-47(50)52)49-35-33-48(34-36-49)38-40-26-24-29-42(37-40)41-27-21-20-22-28-41/h3-4,6-7,9-10,12-13,15-16,18-22,24-31,37H,2,5,8,11,14,17,23,32-36,38-39H2,1H3/b4-3+,7-6+,10-9+,13-12+,16-15+,19-18+. The van der Waals surface area contributed by atoms with Crippen LogP contribution in [0.4, 0.5) is 5.69 Å². The van der Waals surface area contributed by atoms with Crippen LogP contribution in [0.5, 0.6) is 0 Å². The van der Waals surface area contributed by atoms with E-state index in [1.54, 1.807) is 0 Å². The second-order valence-electron chi connectivity index (χ2n) is 13.4. The van der Waals surface area contributed by atoms with E-state index >= 15 is 0 Å². The predicted molar refractivity (Wildman–Crippen MR) is 223 cm³/mol. The number of piperazine rings is 1. The minimum Gasteiger partial charge on any atom is -0.444 e. The Bertz CT molecular complexity index is 1970. The highest BCUT2D eigenvalue weighted by molar-refractivity contribution is 5.87. The van der Waals surface area contributed by atoms with Crippen molar-refractivity contribution in [3.63, 3.8) is 0 Å². The van der Waals surface area contributed by atoms with Gasteiger partial charge in [-0.2, -0.15) is 0 Å². The molecule has 0 spiro atoms. The van der Waals surface area contributed by atoms with Gasteiger partial charge in [-0.1, -0.05) is 134 Å². The molecular formula is C47H55N3O4. The number of oxazole rings is 1. The van der Waals surface area contributed by atoms with E-state index in [0.717, 1.165) is 76.9 Å². The third-order valence-electron chi connectivity index (χ3n) is 9.29. The van der Waals surface area contributed by atoms with Gasteiger partial charge in [0.2, 0.25) is 0 Å². The number of fused-ring (bicyclic) bond motifs is 1. The highest BCUT2D eigenvalue weighted by atomic mass is 16.5. The Balaban J connectivity index is 0.987. The second kappa shape index (κ2) is 22.6. The zero-order chi connectivity index (χ0) is 37.6. The average Bonchev–Trinajstić information content (AvgIpc) is 3.53. The number of anilines is 1. The number of nitrogens with zero attached hydrogens (tertiary/aromatic N) is 3. The number of allylic oxidation sites excluding steroid dienone is 12. The Morgan fingerprint density at radius 3 is 1.93 bits per heavy atom. The van der Waals surface area contributed by atoms with Crippen molar-refractivity contribution in [2.45, 2.75) is 71.6 Å². The Hall–Kier alpha value is -5.40. The minimum atomic E-state index is -0.529. The van der Waals surface area contributed by atoms with E-state index in [2.05, 4.69) is 132 Å². The molecule has 2 heterocycles. The zero-order valence-electron chi connectivity index (χ0n) is 31.7. The average molecular weight is 726 g/mol. The quantitative estimate of drug-likeness (QED) is 0.0667. The van der Waals surface area contributed by atoms with E-state index in [1.165, 1.54) is 21.3 Å². The van der Waals surface area contributed by atoms with Gasteiger partial charge in [-0.25, -0.2) is 9.36 Å². The first-order valence-corrected chi connectivity index (χ1v) is 19.4. The van der Waals surface area contributed by atoms with Gasteiger partial charge in [-0.3, -0.25) is 9.69 Å². The molecule has 0 aliphatic carbocycles. The summed E-state index contributed by atoms with van der Waals surface area (Å²) in [4.78, 5) is 30.1. The van der Waals surface area contributed by atoms with Crippen molar-refractivity contribution in [1.29, 1.82) is 0 Å². The fraction of sp³-hybridized carbons (Fsp3) is 0.319. The van der Waals surface area contributed by atoms with Gasteiger partial charge in [0, 0.05) is 39.1 Å². The van der Waals surface area contributed by atoms with Crippen LogP contribution in [0.25, 0.3) is 22.2 Å². The maximum atomic E-state index is 12.9. The van der Waals surface area contributed by atoms with E-state index in [0.29, 0.717) is 17.5 Å². The third kappa shape index (κ3) is 12.9. The molecule has 1 fully saturated rings. The van der Waals surface area contributed by atoms with Gasteiger partial charge < -0.3 is 14.1 Å². The number of rotatable bonds is 20. The zero-order valence-corrected chi connectivity index (χ0v) is 31.7. The number of hydrogen-bond donors (Lipinski definition) is 0. The van der Waals surface area contributed by atoms with Crippen LogP contribution in [0, 0.1) is 0 Å². The van der Waals surface area contributed by atoms with Crippen LogP contribution in [-0.2, 0) is 22.8 Å². The molecule has 1 aliphatic rings. The van der Waals surface area contributed by atoms with Crippen LogP contribution >= 0.6 is 0 Å². The largest absolute Gasteiger partial charge is 0.444 e. The summed E-state index contributed by atoms with van der Waals surface area (Å²) in [6, 6.07) is 25.0. The molecule has 3 aromatic carbocycles. The number of carbonyl (C=O) groups excluding carboxylic acids is 1. The summed E-state index contributed by atoms with van der Waals surface area (Å²) in [5, 5.41) is 0. The van der Waals surface area contributed by atoms with Gasteiger partial charge in [0.1, 0.15) is 0 Å². The molecule has 282 valence electrons. The normalized spacial score (nSPS) is 14.4. The van der Waals surface area contributed by atoms with Crippen molar-refractivity contribution in [2.75, 3.05) is 31.1 Å². The molecule has 0 bridgehead atoms. The lowest BCUT2D eigenvalue weighted by Crippen LogP contribution is -2.46. The maximum Gasteiger partial charge on any atom is 0.422 e. The Labute approximate surface area is 320 Å². The summed E-state index contributed by atoms with van der Waals surface area (Å²) in [5.41, 5.74) is 5.79. The van der Waals surface area contributed by atoms with Gasteiger partial charge in [-0.15, -0.1) is 0 Å². The van der Waals surface area contributed by atoms with E-state index < -0.39 is 5.76 Å². The molecule has 1 aliphatic heterocycles. The highest BCUT2D eigenvalue weighted by Crippen LogP contribution is 2.28. The molecule has 0 radical (unpaired) electrons. The van der Waals surface area contributed by atoms with Crippen molar-refractivity contribution < 1.29 is 13.9 Å². The van der Waals surface area contributed by atoms with Crippen molar-refractivity contribution in [1.82, 2.24) is 9.47 Å².